The number of anilines is 4. The molecule has 0 aromatic carbocycles. The van der Waals surface area contributed by atoms with Crippen molar-refractivity contribution in [2.75, 3.05) is 37.9 Å². The number of nitriles is 1. The Bertz CT molecular complexity index is 1220. The normalized spacial score (nSPS) is 18.5. The van der Waals surface area contributed by atoms with Gasteiger partial charge in [-0.25, -0.2) is 15.0 Å². The van der Waals surface area contributed by atoms with Crippen molar-refractivity contribution in [2.24, 2.45) is 0 Å². The molecule has 11 nitrogen and oxygen atoms in total. The van der Waals surface area contributed by atoms with Gasteiger partial charge in [-0.05, 0) is 26.2 Å². The SMILES string of the molecule is CN(C)C1CC(Oc2ncc(Nc3nccc(Nc4cnc5c(c4)OCCO5)n3)cc2C#N)C1. The largest absolute Gasteiger partial charge is 0.484 e. The summed E-state index contributed by atoms with van der Waals surface area (Å²) in [5, 5.41) is 15.8. The minimum absolute atomic E-state index is 0.0759. The van der Waals surface area contributed by atoms with E-state index in [1.807, 2.05) is 0 Å². The summed E-state index contributed by atoms with van der Waals surface area (Å²) >= 11 is 0. The molecule has 0 radical (unpaired) electrons. The van der Waals surface area contributed by atoms with E-state index in [-0.39, 0.29) is 6.10 Å². The fourth-order valence-electron chi connectivity index (χ4n) is 3.68. The minimum Gasteiger partial charge on any atom is -0.484 e. The number of pyridine rings is 2. The number of ether oxygens (including phenoxy) is 3. The third-order valence-corrected chi connectivity index (χ3v) is 5.63. The molecule has 11 heteroatoms. The van der Waals surface area contributed by atoms with Crippen LogP contribution in [0, 0.1) is 11.3 Å². The monoisotopic (exact) mass is 460 g/mol. The maximum Gasteiger partial charge on any atom is 0.257 e. The van der Waals surface area contributed by atoms with E-state index >= 15 is 0 Å². The highest BCUT2D eigenvalue weighted by Gasteiger charge is 2.33. The number of rotatable bonds is 7. The maximum absolute atomic E-state index is 9.57. The molecule has 0 saturated heterocycles. The molecule has 2 aliphatic rings. The Morgan fingerprint density at radius 2 is 1.85 bits per heavy atom. The minimum atomic E-state index is 0.0759. The van der Waals surface area contributed by atoms with Crippen molar-refractivity contribution in [3.8, 4) is 23.6 Å². The highest BCUT2D eigenvalue weighted by molar-refractivity contribution is 5.62. The molecule has 0 amide bonds. The molecule has 1 aliphatic carbocycles. The molecule has 1 aliphatic heterocycles. The van der Waals surface area contributed by atoms with E-state index in [0.717, 1.165) is 12.8 Å². The highest BCUT2D eigenvalue weighted by Crippen LogP contribution is 2.32. The van der Waals surface area contributed by atoms with Gasteiger partial charge in [-0.1, -0.05) is 0 Å². The highest BCUT2D eigenvalue weighted by atomic mass is 16.6. The van der Waals surface area contributed by atoms with Crippen LogP contribution in [0.5, 0.6) is 17.5 Å². The molecule has 0 atom stereocenters. The van der Waals surface area contributed by atoms with E-state index in [0.29, 0.717) is 65.5 Å². The van der Waals surface area contributed by atoms with Gasteiger partial charge in [0, 0.05) is 31.1 Å². The van der Waals surface area contributed by atoms with E-state index in [4.69, 9.17) is 14.2 Å². The van der Waals surface area contributed by atoms with Gasteiger partial charge in [0.2, 0.25) is 11.8 Å². The topological polar surface area (TPSA) is 130 Å². The third kappa shape index (κ3) is 4.77. The van der Waals surface area contributed by atoms with Gasteiger partial charge >= 0.3 is 0 Å². The molecule has 174 valence electrons. The van der Waals surface area contributed by atoms with Crippen molar-refractivity contribution in [3.05, 3.63) is 42.4 Å². The van der Waals surface area contributed by atoms with E-state index in [9.17, 15) is 5.26 Å². The molecule has 0 bridgehead atoms. The molecule has 0 spiro atoms. The maximum atomic E-state index is 9.57. The molecule has 3 aromatic rings. The summed E-state index contributed by atoms with van der Waals surface area (Å²) in [7, 11) is 4.11. The Labute approximate surface area is 196 Å². The number of aromatic nitrogens is 4. The van der Waals surface area contributed by atoms with Crippen LogP contribution in [-0.4, -0.2) is 64.3 Å². The lowest BCUT2D eigenvalue weighted by Crippen LogP contribution is -2.46. The number of hydrogen-bond donors (Lipinski definition) is 2. The molecular formula is C23H24N8O3. The van der Waals surface area contributed by atoms with Gasteiger partial charge in [-0.3, -0.25) is 0 Å². The predicted octanol–water partition coefficient (Wildman–Crippen LogP) is 2.87. The lowest BCUT2D eigenvalue weighted by Gasteiger charge is -2.39. The average Bonchev–Trinajstić information content (AvgIpc) is 2.81. The van der Waals surface area contributed by atoms with Crippen LogP contribution < -0.4 is 24.8 Å². The van der Waals surface area contributed by atoms with Crippen molar-refractivity contribution >= 4 is 23.1 Å². The summed E-state index contributed by atoms with van der Waals surface area (Å²) in [6.45, 7) is 0.972. The van der Waals surface area contributed by atoms with Crippen molar-refractivity contribution in [3.63, 3.8) is 0 Å². The van der Waals surface area contributed by atoms with Crippen LogP contribution in [0.3, 0.4) is 0 Å². The molecular weight excluding hydrogens is 436 g/mol. The summed E-state index contributed by atoms with van der Waals surface area (Å²) in [6.07, 6.45) is 6.79. The van der Waals surface area contributed by atoms with Crippen LogP contribution in [0.4, 0.5) is 23.1 Å². The predicted molar refractivity (Wildman–Crippen MR) is 124 cm³/mol. The zero-order valence-corrected chi connectivity index (χ0v) is 18.9. The van der Waals surface area contributed by atoms with Gasteiger partial charge in [-0.2, -0.15) is 10.2 Å². The Hall–Kier alpha value is -4.17. The zero-order valence-electron chi connectivity index (χ0n) is 18.9. The molecule has 0 unspecified atom stereocenters. The second kappa shape index (κ2) is 9.36. The lowest BCUT2D eigenvalue weighted by atomic mass is 9.88. The first-order valence-electron chi connectivity index (χ1n) is 10.9. The quantitative estimate of drug-likeness (QED) is 0.539. The first-order chi connectivity index (χ1) is 16.6. The zero-order chi connectivity index (χ0) is 23.5. The molecule has 34 heavy (non-hydrogen) atoms. The van der Waals surface area contributed by atoms with Crippen LogP contribution in [-0.2, 0) is 0 Å². The molecule has 5 rings (SSSR count). The van der Waals surface area contributed by atoms with Crippen molar-refractivity contribution < 1.29 is 14.2 Å². The fourth-order valence-corrected chi connectivity index (χ4v) is 3.68. The molecule has 4 heterocycles. The first-order valence-corrected chi connectivity index (χ1v) is 10.9. The first kappa shape index (κ1) is 21.7. The third-order valence-electron chi connectivity index (χ3n) is 5.63. The summed E-state index contributed by atoms with van der Waals surface area (Å²) in [5.74, 6) is 2.32. The van der Waals surface area contributed by atoms with Gasteiger partial charge in [0.1, 0.15) is 36.8 Å². The number of nitrogens with one attached hydrogen (secondary N) is 2. The summed E-state index contributed by atoms with van der Waals surface area (Å²) in [4.78, 5) is 19.5. The average molecular weight is 460 g/mol. The Balaban J connectivity index is 1.25. The van der Waals surface area contributed by atoms with Crippen LogP contribution in [0.2, 0.25) is 0 Å². The van der Waals surface area contributed by atoms with Crippen LogP contribution in [0.1, 0.15) is 18.4 Å². The number of fused-ring (bicyclic) bond motifs is 1. The smallest absolute Gasteiger partial charge is 0.257 e. The molecule has 1 saturated carbocycles. The summed E-state index contributed by atoms with van der Waals surface area (Å²) < 4.78 is 16.9. The molecule has 2 N–H and O–H groups in total. The second-order valence-electron chi connectivity index (χ2n) is 8.26. The van der Waals surface area contributed by atoms with E-state index in [1.165, 1.54) is 0 Å². The molecule has 3 aromatic heterocycles. The van der Waals surface area contributed by atoms with Crippen LogP contribution in [0.25, 0.3) is 0 Å². The number of hydrogen-bond acceptors (Lipinski definition) is 11. The van der Waals surface area contributed by atoms with Crippen molar-refractivity contribution in [1.29, 1.82) is 5.26 Å². The van der Waals surface area contributed by atoms with Gasteiger partial charge in [0.05, 0.1) is 23.8 Å². The van der Waals surface area contributed by atoms with Gasteiger partial charge in [0.25, 0.3) is 5.88 Å². The van der Waals surface area contributed by atoms with Gasteiger partial charge < -0.3 is 29.7 Å². The Morgan fingerprint density at radius 3 is 2.68 bits per heavy atom. The summed E-state index contributed by atoms with van der Waals surface area (Å²) in [6, 6.07) is 7.88. The van der Waals surface area contributed by atoms with E-state index in [2.05, 4.69) is 55.6 Å². The van der Waals surface area contributed by atoms with Gasteiger partial charge in [0.15, 0.2) is 5.75 Å². The van der Waals surface area contributed by atoms with E-state index < -0.39 is 0 Å². The van der Waals surface area contributed by atoms with Crippen molar-refractivity contribution in [2.45, 2.75) is 25.0 Å². The number of nitrogens with zero attached hydrogens (tertiary/aromatic N) is 6. The van der Waals surface area contributed by atoms with Crippen LogP contribution >= 0.6 is 0 Å². The van der Waals surface area contributed by atoms with Gasteiger partial charge in [-0.15, -0.1) is 0 Å². The van der Waals surface area contributed by atoms with E-state index in [1.54, 1.807) is 36.8 Å². The second-order valence-corrected chi connectivity index (χ2v) is 8.26. The molecule has 1 fully saturated rings. The van der Waals surface area contributed by atoms with Crippen LogP contribution in [0.15, 0.2) is 36.8 Å². The Morgan fingerprint density at radius 1 is 1.06 bits per heavy atom. The summed E-state index contributed by atoms with van der Waals surface area (Å²) in [5.41, 5.74) is 1.65. The Kier molecular flexibility index (Phi) is 5.97. The standard InChI is InChI=1S/C23H24N8O3/c1-31(2)17-9-18(10-17)34-21-14(11-24)7-15(12-26-21)29-23-25-4-3-20(30-23)28-16-8-19-22(27-13-16)33-6-5-32-19/h3-4,7-8,12-13,17-18H,5-6,9-10H2,1-2H3,(H2,25,28,29,30). The van der Waals surface area contributed by atoms with Crippen molar-refractivity contribution in [1.82, 2.24) is 24.8 Å². The lowest BCUT2D eigenvalue weighted by molar-refractivity contribution is 0.0368. The fraction of sp³-hybridized carbons (Fsp3) is 0.348.